The Bertz CT molecular complexity index is 480. The molecule has 0 aromatic heterocycles. The van der Waals surface area contributed by atoms with E-state index in [1.807, 2.05) is 24.3 Å². The molecule has 1 aliphatic carbocycles. The van der Waals surface area contributed by atoms with E-state index in [2.05, 4.69) is 6.92 Å². The summed E-state index contributed by atoms with van der Waals surface area (Å²) >= 11 is 5.08. The van der Waals surface area contributed by atoms with E-state index in [9.17, 15) is 5.11 Å². The lowest BCUT2D eigenvalue weighted by Gasteiger charge is -2.18. The monoisotopic (exact) mass is 276 g/mol. The summed E-state index contributed by atoms with van der Waals surface area (Å²) in [5.74, 6) is 0.861. The van der Waals surface area contributed by atoms with Gasteiger partial charge in [0, 0.05) is 4.86 Å². The second-order valence-corrected chi connectivity index (χ2v) is 5.31. The summed E-state index contributed by atoms with van der Waals surface area (Å²) < 4.78 is 5.73. The van der Waals surface area contributed by atoms with Crippen molar-refractivity contribution in [3.63, 3.8) is 0 Å². The van der Waals surface area contributed by atoms with Crippen molar-refractivity contribution in [2.24, 2.45) is 0 Å². The Hall–Kier alpha value is -1.19. The molecule has 102 valence electrons. The average molecular weight is 276 g/mol. The molecule has 0 amide bonds. The number of aliphatic hydroxyl groups excluding tert-OH is 1. The average Bonchev–Trinajstić information content (AvgIpc) is 2.43. The van der Waals surface area contributed by atoms with E-state index in [0.29, 0.717) is 4.86 Å². The number of rotatable bonds is 6. The van der Waals surface area contributed by atoms with Crippen LogP contribution in [0.25, 0.3) is 6.08 Å². The minimum atomic E-state index is -0.659. The first-order chi connectivity index (χ1) is 9.22. The summed E-state index contributed by atoms with van der Waals surface area (Å²) in [7, 11) is 0. The number of thiocarbonyl (C=S) groups is 1. The Morgan fingerprint density at radius 3 is 2.84 bits per heavy atom. The molecule has 1 N–H and O–H groups in total. The standard InChI is InChI=1S/C16H20O2S/c1-2-3-4-5-10-18-13-7-8-14-12(11-13)6-9-15(19)16(14)17/h6-9,11,16-17H,2-5,10H2,1H3. The third kappa shape index (κ3) is 3.64. The van der Waals surface area contributed by atoms with E-state index in [4.69, 9.17) is 17.0 Å². The first kappa shape index (κ1) is 14.2. The molecule has 1 unspecified atom stereocenters. The van der Waals surface area contributed by atoms with Crippen molar-refractivity contribution < 1.29 is 9.84 Å². The zero-order valence-electron chi connectivity index (χ0n) is 11.3. The van der Waals surface area contributed by atoms with Gasteiger partial charge in [0.1, 0.15) is 11.9 Å². The maximum absolute atomic E-state index is 9.96. The van der Waals surface area contributed by atoms with Crippen LogP contribution in [0.2, 0.25) is 0 Å². The normalized spacial score (nSPS) is 17.4. The van der Waals surface area contributed by atoms with Crippen LogP contribution in [0.5, 0.6) is 5.75 Å². The molecule has 2 rings (SSSR count). The molecule has 1 aromatic carbocycles. The second-order valence-electron chi connectivity index (χ2n) is 4.84. The molecule has 3 heteroatoms. The molecule has 0 aliphatic heterocycles. The minimum Gasteiger partial charge on any atom is -0.494 e. The van der Waals surface area contributed by atoms with Gasteiger partial charge in [-0.15, -0.1) is 0 Å². The summed E-state index contributed by atoms with van der Waals surface area (Å²) in [5.41, 5.74) is 1.86. The zero-order chi connectivity index (χ0) is 13.7. The second kappa shape index (κ2) is 6.83. The topological polar surface area (TPSA) is 29.5 Å². The van der Waals surface area contributed by atoms with Crippen LogP contribution in [0, 0.1) is 0 Å². The highest BCUT2D eigenvalue weighted by molar-refractivity contribution is 7.80. The van der Waals surface area contributed by atoms with Crippen LogP contribution < -0.4 is 4.74 Å². The number of benzene rings is 1. The quantitative estimate of drug-likeness (QED) is 0.627. The van der Waals surface area contributed by atoms with Gasteiger partial charge in [-0.2, -0.15) is 0 Å². The molecule has 1 atom stereocenters. The van der Waals surface area contributed by atoms with Gasteiger partial charge in [-0.05, 0) is 35.8 Å². The Balaban J connectivity index is 1.95. The van der Waals surface area contributed by atoms with Gasteiger partial charge in [-0.3, -0.25) is 0 Å². The van der Waals surface area contributed by atoms with Crippen molar-refractivity contribution in [3.8, 4) is 5.75 Å². The van der Waals surface area contributed by atoms with Crippen molar-refractivity contribution in [1.82, 2.24) is 0 Å². The Morgan fingerprint density at radius 2 is 2.05 bits per heavy atom. The van der Waals surface area contributed by atoms with Crippen molar-refractivity contribution in [2.45, 2.75) is 38.7 Å². The maximum Gasteiger partial charge on any atom is 0.119 e. The summed E-state index contributed by atoms with van der Waals surface area (Å²) in [6.45, 7) is 2.95. The molecule has 0 radical (unpaired) electrons. The fourth-order valence-corrected chi connectivity index (χ4v) is 2.37. The SMILES string of the molecule is CCCCCCOc1ccc2c(c1)C=CC(=S)C2O. The van der Waals surface area contributed by atoms with Crippen molar-refractivity contribution in [1.29, 1.82) is 0 Å². The van der Waals surface area contributed by atoms with Crippen LogP contribution in [0.4, 0.5) is 0 Å². The fourth-order valence-electron chi connectivity index (χ4n) is 2.17. The summed E-state index contributed by atoms with van der Waals surface area (Å²) in [4.78, 5) is 0.570. The van der Waals surface area contributed by atoms with Gasteiger partial charge in [0.25, 0.3) is 0 Å². The molecular weight excluding hydrogens is 256 g/mol. The Kier molecular flexibility index (Phi) is 5.11. The van der Waals surface area contributed by atoms with Gasteiger partial charge in [0.15, 0.2) is 0 Å². The largest absolute Gasteiger partial charge is 0.494 e. The molecule has 2 nitrogen and oxygen atoms in total. The smallest absolute Gasteiger partial charge is 0.119 e. The molecule has 19 heavy (non-hydrogen) atoms. The third-order valence-electron chi connectivity index (χ3n) is 3.32. The van der Waals surface area contributed by atoms with Gasteiger partial charge >= 0.3 is 0 Å². The van der Waals surface area contributed by atoms with E-state index in [1.54, 1.807) is 6.08 Å². The van der Waals surface area contributed by atoms with Gasteiger partial charge in [0.2, 0.25) is 0 Å². The molecule has 0 bridgehead atoms. The lowest BCUT2D eigenvalue weighted by Crippen LogP contribution is -2.12. The van der Waals surface area contributed by atoms with Gasteiger partial charge < -0.3 is 9.84 Å². The van der Waals surface area contributed by atoms with E-state index in [0.717, 1.165) is 29.9 Å². The van der Waals surface area contributed by atoms with Gasteiger partial charge in [-0.25, -0.2) is 0 Å². The number of unbranched alkanes of at least 4 members (excludes halogenated alkanes) is 3. The van der Waals surface area contributed by atoms with Gasteiger partial charge in [0.05, 0.1) is 6.61 Å². The minimum absolute atomic E-state index is 0.570. The highest BCUT2D eigenvalue weighted by atomic mass is 32.1. The van der Waals surface area contributed by atoms with Crippen LogP contribution in [0.3, 0.4) is 0 Å². The summed E-state index contributed by atoms with van der Waals surface area (Å²) in [5, 5.41) is 9.96. The maximum atomic E-state index is 9.96. The predicted molar refractivity (Wildman–Crippen MR) is 82.7 cm³/mol. The number of ether oxygens (including phenoxy) is 1. The van der Waals surface area contributed by atoms with Crippen LogP contribution >= 0.6 is 12.2 Å². The Morgan fingerprint density at radius 1 is 1.21 bits per heavy atom. The predicted octanol–water partition coefficient (Wildman–Crippen LogP) is 4.08. The molecule has 0 fully saturated rings. The van der Waals surface area contributed by atoms with Crippen molar-refractivity contribution >= 4 is 23.2 Å². The Labute approximate surface area is 120 Å². The van der Waals surface area contributed by atoms with Crippen LogP contribution in [-0.4, -0.2) is 16.6 Å². The van der Waals surface area contributed by atoms with Crippen LogP contribution in [0.15, 0.2) is 24.3 Å². The molecule has 0 heterocycles. The zero-order valence-corrected chi connectivity index (χ0v) is 12.1. The van der Waals surface area contributed by atoms with Gasteiger partial charge in [-0.1, -0.05) is 50.5 Å². The lowest BCUT2D eigenvalue weighted by atomic mass is 9.94. The molecule has 0 spiro atoms. The first-order valence-electron chi connectivity index (χ1n) is 6.89. The molecular formula is C16H20O2S. The summed E-state index contributed by atoms with van der Waals surface area (Å²) in [6, 6.07) is 5.78. The number of fused-ring (bicyclic) bond motifs is 1. The first-order valence-corrected chi connectivity index (χ1v) is 7.30. The lowest BCUT2D eigenvalue weighted by molar-refractivity contribution is 0.250. The highest BCUT2D eigenvalue weighted by Gasteiger charge is 2.18. The van der Waals surface area contributed by atoms with E-state index in [-0.39, 0.29) is 0 Å². The number of hydrogen-bond acceptors (Lipinski definition) is 3. The van der Waals surface area contributed by atoms with Crippen LogP contribution in [-0.2, 0) is 0 Å². The summed E-state index contributed by atoms with van der Waals surface area (Å²) in [6.07, 6.45) is 7.87. The van der Waals surface area contributed by atoms with E-state index in [1.165, 1.54) is 19.3 Å². The highest BCUT2D eigenvalue weighted by Crippen LogP contribution is 2.29. The van der Waals surface area contributed by atoms with Crippen LogP contribution in [0.1, 0.15) is 49.8 Å². The molecule has 0 saturated heterocycles. The fraction of sp³-hybridized carbons (Fsp3) is 0.438. The number of aliphatic hydroxyl groups is 1. The van der Waals surface area contributed by atoms with Crippen molar-refractivity contribution in [2.75, 3.05) is 6.61 Å². The molecule has 1 aliphatic rings. The third-order valence-corrected chi connectivity index (χ3v) is 3.68. The van der Waals surface area contributed by atoms with E-state index >= 15 is 0 Å². The number of hydrogen-bond donors (Lipinski definition) is 1. The van der Waals surface area contributed by atoms with E-state index < -0.39 is 6.10 Å². The molecule has 0 saturated carbocycles. The molecule has 1 aromatic rings. The van der Waals surface area contributed by atoms with Crippen molar-refractivity contribution in [3.05, 3.63) is 35.4 Å².